The van der Waals surface area contributed by atoms with Crippen LogP contribution in [0.4, 0.5) is 0 Å². The molecule has 0 bridgehead atoms. The van der Waals surface area contributed by atoms with Crippen LogP contribution in [0.25, 0.3) is 0 Å². The van der Waals surface area contributed by atoms with Crippen molar-refractivity contribution in [2.75, 3.05) is 39.9 Å². The van der Waals surface area contributed by atoms with Crippen LogP contribution in [0.15, 0.2) is 0 Å². The summed E-state index contributed by atoms with van der Waals surface area (Å²) in [6, 6.07) is 0.321. The molecule has 1 aliphatic rings. The van der Waals surface area contributed by atoms with Crippen molar-refractivity contribution in [1.82, 2.24) is 15.5 Å². The van der Waals surface area contributed by atoms with Crippen LogP contribution in [0.5, 0.6) is 0 Å². The van der Waals surface area contributed by atoms with Gasteiger partial charge < -0.3 is 15.4 Å². The Morgan fingerprint density at radius 3 is 2.57 bits per heavy atom. The molecule has 21 heavy (non-hydrogen) atoms. The second kappa shape index (κ2) is 10.1. The third kappa shape index (κ3) is 6.76. The molecule has 1 heterocycles. The van der Waals surface area contributed by atoms with E-state index in [-0.39, 0.29) is 11.9 Å². The molecular formula is C16H33N3O2. The monoisotopic (exact) mass is 299 g/mol. The van der Waals surface area contributed by atoms with Crippen LogP contribution in [0.1, 0.15) is 40.0 Å². The zero-order valence-electron chi connectivity index (χ0n) is 14.2. The number of nitrogens with zero attached hydrogens (tertiary/aromatic N) is 1. The molecule has 0 aliphatic carbocycles. The topological polar surface area (TPSA) is 53.6 Å². The number of carbonyl (C=O) groups excluding carboxylic acids is 1. The largest absolute Gasteiger partial charge is 0.385 e. The highest BCUT2D eigenvalue weighted by Crippen LogP contribution is 2.17. The second-order valence-corrected chi connectivity index (χ2v) is 6.30. The third-order valence-electron chi connectivity index (χ3n) is 4.29. The second-order valence-electron chi connectivity index (χ2n) is 6.30. The minimum Gasteiger partial charge on any atom is -0.385 e. The van der Waals surface area contributed by atoms with Crippen molar-refractivity contribution in [3.63, 3.8) is 0 Å². The van der Waals surface area contributed by atoms with E-state index in [0.29, 0.717) is 25.1 Å². The highest BCUT2D eigenvalue weighted by atomic mass is 16.5. The van der Waals surface area contributed by atoms with Gasteiger partial charge >= 0.3 is 0 Å². The summed E-state index contributed by atoms with van der Waals surface area (Å²) in [6.45, 7) is 11.0. The molecule has 1 fully saturated rings. The Bertz CT molecular complexity index is 291. The molecule has 2 N–H and O–H groups in total. The van der Waals surface area contributed by atoms with Gasteiger partial charge in [0.2, 0.25) is 5.91 Å². The van der Waals surface area contributed by atoms with Crippen LogP contribution < -0.4 is 10.6 Å². The average Bonchev–Trinajstić information content (AvgIpc) is 2.49. The first-order valence-electron chi connectivity index (χ1n) is 8.29. The van der Waals surface area contributed by atoms with E-state index in [1.807, 2.05) is 6.92 Å². The molecule has 124 valence electrons. The van der Waals surface area contributed by atoms with Crippen molar-refractivity contribution in [2.45, 2.75) is 52.1 Å². The van der Waals surface area contributed by atoms with Gasteiger partial charge in [0, 0.05) is 32.8 Å². The van der Waals surface area contributed by atoms with E-state index >= 15 is 0 Å². The Labute approximate surface area is 129 Å². The molecule has 5 heteroatoms. The van der Waals surface area contributed by atoms with Crippen LogP contribution in [-0.2, 0) is 9.53 Å². The number of methoxy groups -OCH3 is 1. The molecule has 1 aliphatic heterocycles. The quantitative estimate of drug-likeness (QED) is 0.629. The van der Waals surface area contributed by atoms with E-state index < -0.39 is 0 Å². The lowest BCUT2D eigenvalue weighted by Gasteiger charge is -2.36. The van der Waals surface area contributed by atoms with E-state index in [0.717, 1.165) is 26.1 Å². The van der Waals surface area contributed by atoms with Crippen LogP contribution in [-0.4, -0.2) is 62.8 Å². The fourth-order valence-electron chi connectivity index (χ4n) is 2.90. The van der Waals surface area contributed by atoms with Gasteiger partial charge in [0.15, 0.2) is 0 Å². The Morgan fingerprint density at radius 2 is 2.00 bits per heavy atom. The number of rotatable bonds is 9. The lowest BCUT2D eigenvalue weighted by molar-refractivity contribution is -0.126. The van der Waals surface area contributed by atoms with E-state index in [1.54, 1.807) is 7.11 Å². The molecule has 1 amide bonds. The van der Waals surface area contributed by atoms with Gasteiger partial charge in [0.05, 0.1) is 6.04 Å². The minimum absolute atomic E-state index is 0.0672. The number of carbonyl (C=O) groups is 1. The van der Waals surface area contributed by atoms with Crippen LogP contribution >= 0.6 is 0 Å². The van der Waals surface area contributed by atoms with Gasteiger partial charge in [-0.05, 0) is 59.0 Å². The Hall–Kier alpha value is -0.650. The van der Waals surface area contributed by atoms with Crippen LogP contribution in [0, 0.1) is 5.92 Å². The average molecular weight is 299 g/mol. The molecule has 1 atom stereocenters. The minimum atomic E-state index is -0.0672. The first-order chi connectivity index (χ1) is 10.1. The summed E-state index contributed by atoms with van der Waals surface area (Å²) in [4.78, 5) is 14.6. The summed E-state index contributed by atoms with van der Waals surface area (Å²) in [5.41, 5.74) is 0. The summed E-state index contributed by atoms with van der Waals surface area (Å²) < 4.78 is 5.00. The maximum atomic E-state index is 12.3. The number of hydrogen-bond donors (Lipinski definition) is 2. The fourth-order valence-corrected chi connectivity index (χ4v) is 2.90. The molecule has 0 spiro atoms. The number of hydrogen-bond acceptors (Lipinski definition) is 4. The fraction of sp³-hybridized carbons (Fsp3) is 0.938. The van der Waals surface area contributed by atoms with Crippen molar-refractivity contribution in [1.29, 1.82) is 0 Å². The predicted molar refractivity (Wildman–Crippen MR) is 86.4 cm³/mol. The Balaban J connectivity index is 2.43. The van der Waals surface area contributed by atoms with Crippen molar-refractivity contribution in [3.05, 3.63) is 0 Å². The van der Waals surface area contributed by atoms with E-state index in [4.69, 9.17) is 4.74 Å². The smallest absolute Gasteiger partial charge is 0.237 e. The summed E-state index contributed by atoms with van der Waals surface area (Å²) in [5.74, 6) is 0.839. The summed E-state index contributed by atoms with van der Waals surface area (Å²) in [6.07, 6.45) is 3.29. The van der Waals surface area contributed by atoms with Gasteiger partial charge in [-0.1, -0.05) is 0 Å². The SMILES string of the molecule is COCCCNC(=O)C(C)N(CC1CCNCC1)C(C)C. The van der Waals surface area contributed by atoms with Crippen molar-refractivity contribution < 1.29 is 9.53 Å². The van der Waals surface area contributed by atoms with Gasteiger partial charge in [-0.25, -0.2) is 0 Å². The first-order valence-corrected chi connectivity index (χ1v) is 8.29. The van der Waals surface area contributed by atoms with Crippen LogP contribution in [0.3, 0.4) is 0 Å². The number of piperidine rings is 1. The highest BCUT2D eigenvalue weighted by molar-refractivity contribution is 5.81. The Morgan fingerprint density at radius 1 is 1.33 bits per heavy atom. The molecule has 1 saturated heterocycles. The van der Waals surface area contributed by atoms with E-state index in [1.165, 1.54) is 12.8 Å². The molecule has 0 aromatic rings. The zero-order valence-corrected chi connectivity index (χ0v) is 14.2. The summed E-state index contributed by atoms with van der Waals surface area (Å²) >= 11 is 0. The molecule has 5 nitrogen and oxygen atoms in total. The van der Waals surface area contributed by atoms with Gasteiger partial charge in [-0.2, -0.15) is 0 Å². The maximum absolute atomic E-state index is 12.3. The van der Waals surface area contributed by atoms with Gasteiger partial charge in [-0.3, -0.25) is 9.69 Å². The van der Waals surface area contributed by atoms with E-state index in [2.05, 4.69) is 29.4 Å². The summed E-state index contributed by atoms with van der Waals surface area (Å²) in [7, 11) is 1.68. The number of nitrogens with one attached hydrogen (secondary N) is 2. The van der Waals surface area contributed by atoms with Gasteiger partial charge in [-0.15, -0.1) is 0 Å². The normalized spacial score (nSPS) is 18.2. The van der Waals surface area contributed by atoms with Gasteiger partial charge in [0.25, 0.3) is 0 Å². The number of ether oxygens (including phenoxy) is 1. The molecule has 0 aromatic carbocycles. The first kappa shape index (κ1) is 18.4. The maximum Gasteiger partial charge on any atom is 0.237 e. The number of amides is 1. The molecule has 0 aromatic heterocycles. The van der Waals surface area contributed by atoms with Crippen molar-refractivity contribution in [2.24, 2.45) is 5.92 Å². The highest BCUT2D eigenvalue weighted by Gasteiger charge is 2.26. The Kier molecular flexibility index (Phi) is 8.88. The van der Waals surface area contributed by atoms with E-state index in [9.17, 15) is 4.79 Å². The standard InChI is InChI=1S/C16H33N3O2/c1-13(2)19(12-15-6-9-17-10-7-15)14(3)16(20)18-8-5-11-21-4/h13-15,17H,5-12H2,1-4H3,(H,18,20). The molecular weight excluding hydrogens is 266 g/mol. The van der Waals surface area contributed by atoms with Crippen molar-refractivity contribution in [3.8, 4) is 0 Å². The third-order valence-corrected chi connectivity index (χ3v) is 4.29. The van der Waals surface area contributed by atoms with Crippen molar-refractivity contribution >= 4 is 5.91 Å². The lowest BCUT2D eigenvalue weighted by atomic mass is 9.96. The lowest BCUT2D eigenvalue weighted by Crippen LogP contribution is -2.50. The van der Waals surface area contributed by atoms with Crippen LogP contribution in [0.2, 0.25) is 0 Å². The molecule has 0 saturated carbocycles. The summed E-state index contributed by atoms with van der Waals surface area (Å²) in [5, 5.41) is 6.42. The molecule has 0 radical (unpaired) electrons. The molecule has 1 rings (SSSR count). The van der Waals surface area contributed by atoms with Gasteiger partial charge in [0.1, 0.15) is 0 Å². The zero-order chi connectivity index (χ0) is 15.7. The molecule has 1 unspecified atom stereocenters. The predicted octanol–water partition coefficient (Wildman–Crippen LogP) is 1.24.